The van der Waals surface area contributed by atoms with Crippen molar-refractivity contribution in [3.63, 3.8) is 0 Å². The van der Waals surface area contributed by atoms with Crippen LogP contribution in [0.1, 0.15) is 33.1 Å². The number of carbonyl (C=O) groups excluding carboxylic acids is 4. The number of hydrogen-bond acceptors (Lipinski definition) is 5. The van der Waals surface area contributed by atoms with Crippen molar-refractivity contribution < 1.29 is 19.2 Å². The largest absolute Gasteiger partial charge is 0.345 e. The van der Waals surface area contributed by atoms with Gasteiger partial charge in [-0.25, -0.2) is 4.79 Å². The van der Waals surface area contributed by atoms with E-state index in [9.17, 15) is 19.2 Å². The number of likely N-dealkylation sites (N-methyl/N-ethyl adjacent to an activating group) is 1. The van der Waals surface area contributed by atoms with Crippen LogP contribution in [0.3, 0.4) is 0 Å². The summed E-state index contributed by atoms with van der Waals surface area (Å²) in [7, 11) is 3.29. The molecule has 0 aliphatic carbocycles. The molecule has 0 saturated carbocycles. The van der Waals surface area contributed by atoms with Crippen molar-refractivity contribution in [1.29, 1.82) is 0 Å². The summed E-state index contributed by atoms with van der Waals surface area (Å²) in [5.74, 6) is -0.487. The van der Waals surface area contributed by atoms with Gasteiger partial charge in [0.25, 0.3) is 0 Å². The lowest BCUT2D eigenvalue weighted by Crippen LogP contribution is -2.64. The van der Waals surface area contributed by atoms with E-state index in [1.54, 1.807) is 23.9 Å². The molecule has 0 unspecified atom stereocenters. The highest BCUT2D eigenvalue weighted by Crippen LogP contribution is 2.40. The monoisotopic (exact) mass is 424 g/mol. The quantitative estimate of drug-likeness (QED) is 0.403. The molecule has 5 amide bonds. The fourth-order valence-corrected chi connectivity index (χ4v) is 4.12. The lowest BCUT2D eigenvalue weighted by Gasteiger charge is -2.53. The molecule has 10 nitrogen and oxygen atoms in total. The fourth-order valence-electron chi connectivity index (χ4n) is 4.12. The van der Waals surface area contributed by atoms with Crippen molar-refractivity contribution in [2.45, 2.75) is 39.2 Å². The minimum Gasteiger partial charge on any atom is -0.345 e. The second kappa shape index (κ2) is 10.6. The maximum Gasteiger partial charge on any atom is 0.317 e. The first-order valence-electron chi connectivity index (χ1n) is 10.7. The number of rotatable bonds is 8. The fraction of sp³-hybridized carbons (Fsp3) is 0.800. The second-order valence-electron chi connectivity index (χ2n) is 8.79. The molecule has 2 saturated heterocycles. The Morgan fingerprint density at radius 3 is 2.13 bits per heavy atom. The summed E-state index contributed by atoms with van der Waals surface area (Å²) in [4.78, 5) is 52.1. The average molecular weight is 425 g/mol. The summed E-state index contributed by atoms with van der Waals surface area (Å²) in [6.07, 6.45) is 2.22. The maximum atomic E-state index is 12.5. The highest BCUT2D eigenvalue weighted by atomic mass is 16.2. The van der Waals surface area contributed by atoms with Crippen LogP contribution in [0.2, 0.25) is 0 Å². The van der Waals surface area contributed by atoms with Crippen molar-refractivity contribution in [2.75, 3.05) is 53.4 Å². The molecule has 0 radical (unpaired) electrons. The Hall–Kier alpha value is -2.36. The van der Waals surface area contributed by atoms with Gasteiger partial charge in [-0.3, -0.25) is 14.4 Å². The first kappa shape index (κ1) is 23.9. The highest BCUT2D eigenvalue weighted by Gasteiger charge is 2.47. The molecule has 10 heteroatoms. The van der Waals surface area contributed by atoms with Gasteiger partial charge in [-0.05, 0) is 32.2 Å². The lowest BCUT2D eigenvalue weighted by molar-refractivity contribution is -0.137. The molecule has 2 aliphatic heterocycles. The van der Waals surface area contributed by atoms with E-state index in [1.165, 1.54) is 0 Å². The van der Waals surface area contributed by atoms with Crippen LogP contribution in [0.15, 0.2) is 0 Å². The van der Waals surface area contributed by atoms with Gasteiger partial charge in [-0.2, -0.15) is 0 Å². The van der Waals surface area contributed by atoms with E-state index in [4.69, 9.17) is 0 Å². The Morgan fingerprint density at radius 2 is 1.60 bits per heavy atom. The predicted octanol–water partition coefficient (Wildman–Crippen LogP) is -0.883. The van der Waals surface area contributed by atoms with Crippen molar-refractivity contribution in [3.8, 4) is 0 Å². The molecule has 170 valence electrons. The van der Waals surface area contributed by atoms with E-state index in [2.05, 4.69) is 21.3 Å². The molecule has 4 N–H and O–H groups in total. The molecule has 0 bridgehead atoms. The van der Waals surface area contributed by atoms with Crippen LogP contribution >= 0.6 is 0 Å². The number of likely N-dealkylation sites (tertiary alicyclic amines) is 2. The molecule has 1 spiro atoms. The molecule has 0 aromatic rings. The van der Waals surface area contributed by atoms with E-state index in [1.807, 2.05) is 13.8 Å². The topological polar surface area (TPSA) is 123 Å². The number of hydrogen-bond donors (Lipinski definition) is 4. The third-order valence-corrected chi connectivity index (χ3v) is 5.84. The van der Waals surface area contributed by atoms with E-state index in [-0.39, 0.29) is 48.2 Å². The number of carbonyl (C=O) groups is 4. The number of amides is 5. The molecule has 30 heavy (non-hydrogen) atoms. The maximum absolute atomic E-state index is 12.5. The molecule has 2 rings (SSSR count). The Labute approximate surface area is 178 Å². The normalized spacial score (nSPS) is 18.6. The molecule has 0 aromatic heterocycles. The van der Waals surface area contributed by atoms with E-state index in [0.717, 1.165) is 25.9 Å². The first-order chi connectivity index (χ1) is 14.2. The van der Waals surface area contributed by atoms with Crippen LogP contribution < -0.4 is 21.3 Å². The zero-order valence-electron chi connectivity index (χ0n) is 18.5. The van der Waals surface area contributed by atoms with Crippen molar-refractivity contribution >= 4 is 23.8 Å². The summed E-state index contributed by atoms with van der Waals surface area (Å²) in [6.45, 7) is 6.73. The van der Waals surface area contributed by atoms with Gasteiger partial charge in [0.2, 0.25) is 17.7 Å². The van der Waals surface area contributed by atoms with Crippen LogP contribution in [0.25, 0.3) is 0 Å². The summed E-state index contributed by atoms with van der Waals surface area (Å²) in [6, 6.07) is -0.714. The second-order valence-corrected chi connectivity index (χ2v) is 8.79. The van der Waals surface area contributed by atoms with Crippen LogP contribution in [-0.4, -0.2) is 93.0 Å². The summed E-state index contributed by atoms with van der Waals surface area (Å²) < 4.78 is 0. The Balaban J connectivity index is 1.77. The van der Waals surface area contributed by atoms with Gasteiger partial charge in [0.15, 0.2) is 0 Å². The number of nitrogens with one attached hydrogen (secondary N) is 4. The van der Waals surface area contributed by atoms with Gasteiger partial charge in [-0.1, -0.05) is 13.8 Å². The summed E-state index contributed by atoms with van der Waals surface area (Å²) >= 11 is 0. The van der Waals surface area contributed by atoms with Crippen molar-refractivity contribution in [2.24, 2.45) is 11.3 Å². The number of urea groups is 1. The van der Waals surface area contributed by atoms with Crippen LogP contribution in [0.5, 0.6) is 0 Å². The van der Waals surface area contributed by atoms with Gasteiger partial charge in [0.05, 0.1) is 13.1 Å². The van der Waals surface area contributed by atoms with Gasteiger partial charge in [0.1, 0.15) is 6.04 Å². The third-order valence-electron chi connectivity index (χ3n) is 5.84. The zero-order chi connectivity index (χ0) is 22.3. The van der Waals surface area contributed by atoms with E-state index in [0.29, 0.717) is 19.5 Å². The molecular weight excluding hydrogens is 388 g/mol. The summed E-state index contributed by atoms with van der Waals surface area (Å²) in [5, 5.41) is 10.8. The average Bonchev–Trinajstić information content (AvgIpc) is 2.68. The predicted molar refractivity (Wildman–Crippen MR) is 113 cm³/mol. The first-order valence-corrected chi connectivity index (χ1v) is 10.7. The minimum absolute atomic E-state index is 0.0559. The SMILES string of the molecule is CNCC(=O)N[C@H](CC(C)C)C(=O)NCC(=O)N1CCC2(CC1)CN(C(=O)NC)C2. The van der Waals surface area contributed by atoms with Crippen molar-refractivity contribution in [1.82, 2.24) is 31.1 Å². The van der Waals surface area contributed by atoms with Gasteiger partial charge >= 0.3 is 6.03 Å². The standard InChI is InChI=1S/C20H36N6O4/c1-14(2)9-15(24-16(27)10-21-3)18(29)23-11-17(28)25-7-5-20(6-8-25)12-26(13-20)19(30)22-4/h14-15,21H,5-13H2,1-4H3,(H,22,30)(H,23,29)(H,24,27)/t15-/m1/s1. The molecule has 0 aromatic carbocycles. The Bertz CT molecular complexity index is 637. The molecule has 1 atom stereocenters. The molecule has 2 heterocycles. The van der Waals surface area contributed by atoms with Gasteiger partial charge in [-0.15, -0.1) is 0 Å². The smallest absolute Gasteiger partial charge is 0.317 e. The van der Waals surface area contributed by atoms with E-state index >= 15 is 0 Å². The number of nitrogens with zero attached hydrogens (tertiary/aromatic N) is 2. The Kier molecular flexibility index (Phi) is 8.45. The zero-order valence-corrected chi connectivity index (χ0v) is 18.5. The van der Waals surface area contributed by atoms with Gasteiger partial charge in [0, 0.05) is 38.6 Å². The van der Waals surface area contributed by atoms with Gasteiger partial charge < -0.3 is 31.1 Å². The lowest BCUT2D eigenvalue weighted by atomic mass is 9.72. The third kappa shape index (κ3) is 6.32. The highest BCUT2D eigenvalue weighted by molar-refractivity contribution is 5.91. The number of piperidine rings is 1. The minimum atomic E-state index is -0.658. The summed E-state index contributed by atoms with van der Waals surface area (Å²) in [5.41, 5.74) is 0.118. The van der Waals surface area contributed by atoms with Crippen LogP contribution in [0.4, 0.5) is 4.79 Å². The van der Waals surface area contributed by atoms with Crippen LogP contribution in [-0.2, 0) is 14.4 Å². The molecule has 2 aliphatic rings. The van der Waals surface area contributed by atoms with Crippen molar-refractivity contribution in [3.05, 3.63) is 0 Å². The van der Waals surface area contributed by atoms with Crippen LogP contribution in [0, 0.1) is 11.3 Å². The molecular formula is C20H36N6O4. The van der Waals surface area contributed by atoms with E-state index < -0.39 is 6.04 Å². The molecule has 2 fully saturated rings. The Morgan fingerprint density at radius 1 is 0.967 bits per heavy atom.